The van der Waals surface area contributed by atoms with E-state index in [9.17, 15) is 14.7 Å². The maximum Gasteiger partial charge on any atom is 0.276 e. The molecule has 0 unspecified atom stereocenters. The Labute approximate surface area is 175 Å². The molecule has 30 heavy (non-hydrogen) atoms. The van der Waals surface area contributed by atoms with Crippen LogP contribution < -0.4 is 4.90 Å². The fraction of sp³-hybridized carbons (Fsp3) is 0.435. The summed E-state index contributed by atoms with van der Waals surface area (Å²) in [7, 11) is 0. The van der Waals surface area contributed by atoms with Gasteiger partial charge in [0.1, 0.15) is 5.69 Å². The molecule has 5 rings (SSSR count). The summed E-state index contributed by atoms with van der Waals surface area (Å²) in [6.07, 6.45) is 3.02. The average molecular weight is 407 g/mol. The van der Waals surface area contributed by atoms with Crippen molar-refractivity contribution in [3.63, 3.8) is 0 Å². The van der Waals surface area contributed by atoms with Crippen molar-refractivity contribution in [3.05, 3.63) is 59.9 Å². The number of rotatable bonds is 3. The fourth-order valence-electron chi connectivity index (χ4n) is 5.17. The summed E-state index contributed by atoms with van der Waals surface area (Å²) < 4.78 is 5.41. The third-order valence-electron chi connectivity index (χ3n) is 6.64. The monoisotopic (exact) mass is 407 g/mol. The standard InChI is InChI=1S/C23H25N3O4/c27-14-20-21-16-5-1-2-7-18(16)25(23(29)17-6-3-4-10-24-17)13-19(21)26(20)22(28)15-8-11-30-12-9-15/h1-7,10,15,19-21,27H,8-9,11-14H2/t19-,20-,21+/m0/s1. The highest BCUT2D eigenvalue weighted by molar-refractivity contribution is 6.06. The summed E-state index contributed by atoms with van der Waals surface area (Å²) in [5, 5.41) is 10.1. The minimum Gasteiger partial charge on any atom is -0.394 e. The number of pyridine rings is 1. The molecule has 0 aliphatic carbocycles. The predicted molar refractivity (Wildman–Crippen MR) is 110 cm³/mol. The topological polar surface area (TPSA) is 83.0 Å². The number of benzene rings is 1. The Hall–Kier alpha value is -2.77. The average Bonchev–Trinajstić information content (AvgIpc) is 2.80. The summed E-state index contributed by atoms with van der Waals surface area (Å²) in [6.45, 7) is 1.51. The molecule has 2 fully saturated rings. The van der Waals surface area contributed by atoms with Crippen LogP contribution in [0.4, 0.5) is 5.69 Å². The Balaban J connectivity index is 1.49. The van der Waals surface area contributed by atoms with Crippen LogP contribution in [-0.4, -0.2) is 65.3 Å². The van der Waals surface area contributed by atoms with Crippen LogP contribution in [0.3, 0.4) is 0 Å². The lowest BCUT2D eigenvalue weighted by Crippen LogP contribution is -2.71. The summed E-state index contributed by atoms with van der Waals surface area (Å²) in [4.78, 5) is 34.4. The maximum atomic E-state index is 13.3. The molecule has 7 nitrogen and oxygen atoms in total. The molecular formula is C23H25N3O4. The minimum absolute atomic E-state index is 0.0303. The number of fused-ring (bicyclic) bond motifs is 3. The van der Waals surface area contributed by atoms with Crippen LogP contribution in [0.25, 0.3) is 0 Å². The number of carbonyl (C=O) groups is 2. The number of likely N-dealkylation sites (tertiary alicyclic amines) is 1. The lowest BCUT2D eigenvalue weighted by atomic mass is 9.71. The quantitative estimate of drug-likeness (QED) is 0.839. The zero-order valence-corrected chi connectivity index (χ0v) is 16.7. The van der Waals surface area contributed by atoms with Gasteiger partial charge >= 0.3 is 0 Å². The van der Waals surface area contributed by atoms with E-state index < -0.39 is 0 Å². The second kappa shape index (κ2) is 7.81. The number of nitrogens with zero attached hydrogens (tertiary/aromatic N) is 3. The second-order valence-electron chi connectivity index (χ2n) is 8.16. The van der Waals surface area contributed by atoms with Crippen LogP contribution in [0.2, 0.25) is 0 Å². The number of aromatic nitrogens is 1. The van der Waals surface area contributed by atoms with Gasteiger partial charge in [0.2, 0.25) is 5.91 Å². The van der Waals surface area contributed by atoms with Gasteiger partial charge in [-0.2, -0.15) is 0 Å². The SMILES string of the molecule is O=C(c1ccccn1)N1C[C@H]2[C@@H](c3ccccc31)[C@H](CO)N2C(=O)C1CCOCC1. The Morgan fingerprint density at radius 3 is 2.60 bits per heavy atom. The van der Waals surface area contributed by atoms with Gasteiger partial charge in [-0.25, -0.2) is 0 Å². The number of hydrogen-bond acceptors (Lipinski definition) is 5. The van der Waals surface area contributed by atoms with Crippen molar-refractivity contribution >= 4 is 17.5 Å². The Morgan fingerprint density at radius 2 is 1.87 bits per heavy atom. The summed E-state index contributed by atoms with van der Waals surface area (Å²) in [5.74, 6) is -0.149. The molecule has 1 N–H and O–H groups in total. The fourth-order valence-corrected chi connectivity index (χ4v) is 5.17. The van der Waals surface area contributed by atoms with Gasteiger partial charge in [-0.05, 0) is 36.6 Å². The number of anilines is 1. The van der Waals surface area contributed by atoms with E-state index >= 15 is 0 Å². The van der Waals surface area contributed by atoms with Crippen molar-refractivity contribution in [1.82, 2.24) is 9.88 Å². The van der Waals surface area contributed by atoms with E-state index in [1.807, 2.05) is 29.2 Å². The number of amides is 2. The van der Waals surface area contributed by atoms with Crippen LogP contribution >= 0.6 is 0 Å². The van der Waals surface area contributed by atoms with Crippen molar-refractivity contribution in [2.24, 2.45) is 5.92 Å². The molecule has 3 aliphatic heterocycles. The number of para-hydroxylation sites is 1. The first-order chi connectivity index (χ1) is 14.7. The first kappa shape index (κ1) is 19.2. The molecule has 1 aromatic carbocycles. The highest BCUT2D eigenvalue weighted by Gasteiger charge is 2.56. The molecule has 1 aromatic heterocycles. The zero-order valence-electron chi connectivity index (χ0n) is 16.7. The summed E-state index contributed by atoms with van der Waals surface area (Å²) in [6, 6.07) is 12.7. The van der Waals surface area contributed by atoms with Crippen LogP contribution in [0.5, 0.6) is 0 Å². The van der Waals surface area contributed by atoms with E-state index in [4.69, 9.17) is 4.74 Å². The van der Waals surface area contributed by atoms with Crippen molar-refractivity contribution < 1.29 is 19.4 Å². The molecule has 2 aromatic rings. The molecule has 0 saturated carbocycles. The molecule has 156 valence electrons. The second-order valence-corrected chi connectivity index (χ2v) is 8.16. The molecule has 0 spiro atoms. The van der Waals surface area contributed by atoms with E-state index in [1.54, 1.807) is 29.3 Å². The molecule has 7 heteroatoms. The number of hydrogen-bond donors (Lipinski definition) is 1. The van der Waals surface area contributed by atoms with Gasteiger partial charge in [0.05, 0.1) is 18.7 Å². The smallest absolute Gasteiger partial charge is 0.276 e. The van der Waals surface area contributed by atoms with E-state index in [1.165, 1.54) is 0 Å². The van der Waals surface area contributed by atoms with Gasteiger partial charge in [0, 0.05) is 43.5 Å². The Kier molecular flexibility index (Phi) is 5.00. The van der Waals surface area contributed by atoms with Crippen LogP contribution in [0.1, 0.15) is 34.8 Å². The van der Waals surface area contributed by atoms with Crippen molar-refractivity contribution in [1.29, 1.82) is 0 Å². The summed E-state index contributed by atoms with van der Waals surface area (Å²) in [5.41, 5.74) is 2.23. The molecule has 0 bridgehead atoms. The molecule has 4 heterocycles. The van der Waals surface area contributed by atoms with Crippen LogP contribution in [0, 0.1) is 5.92 Å². The van der Waals surface area contributed by atoms with E-state index in [0.29, 0.717) is 38.3 Å². The predicted octanol–water partition coefficient (Wildman–Crippen LogP) is 1.82. The van der Waals surface area contributed by atoms with Gasteiger partial charge in [0.25, 0.3) is 5.91 Å². The minimum atomic E-state index is -0.251. The van der Waals surface area contributed by atoms with Gasteiger partial charge in [-0.3, -0.25) is 14.6 Å². The van der Waals surface area contributed by atoms with Crippen molar-refractivity contribution in [3.8, 4) is 0 Å². The molecular weight excluding hydrogens is 382 g/mol. The number of aliphatic hydroxyl groups excluding tert-OH is 1. The lowest BCUT2D eigenvalue weighted by molar-refractivity contribution is -0.157. The largest absolute Gasteiger partial charge is 0.394 e. The molecule has 0 radical (unpaired) electrons. The van der Waals surface area contributed by atoms with E-state index in [2.05, 4.69) is 4.98 Å². The van der Waals surface area contributed by atoms with E-state index in [-0.39, 0.29) is 42.3 Å². The number of carbonyl (C=O) groups excluding carboxylic acids is 2. The first-order valence-electron chi connectivity index (χ1n) is 10.5. The Morgan fingerprint density at radius 1 is 1.10 bits per heavy atom. The highest BCUT2D eigenvalue weighted by atomic mass is 16.5. The molecule has 3 atom stereocenters. The van der Waals surface area contributed by atoms with Gasteiger partial charge in [-0.15, -0.1) is 0 Å². The van der Waals surface area contributed by atoms with Gasteiger partial charge < -0.3 is 19.6 Å². The molecule has 2 saturated heterocycles. The first-order valence-corrected chi connectivity index (χ1v) is 10.5. The number of ether oxygens (including phenoxy) is 1. The molecule has 3 aliphatic rings. The lowest BCUT2D eigenvalue weighted by Gasteiger charge is -2.59. The van der Waals surface area contributed by atoms with Crippen molar-refractivity contribution in [2.75, 3.05) is 31.3 Å². The Bertz CT molecular complexity index is 944. The maximum absolute atomic E-state index is 13.3. The van der Waals surface area contributed by atoms with Crippen LogP contribution in [0.15, 0.2) is 48.7 Å². The van der Waals surface area contributed by atoms with Crippen molar-refractivity contribution in [2.45, 2.75) is 30.8 Å². The summed E-state index contributed by atoms with van der Waals surface area (Å²) >= 11 is 0. The van der Waals surface area contributed by atoms with E-state index in [0.717, 1.165) is 11.3 Å². The molecule has 2 amide bonds. The normalized spacial score (nSPS) is 25.8. The highest BCUT2D eigenvalue weighted by Crippen LogP contribution is 2.49. The van der Waals surface area contributed by atoms with Crippen LogP contribution in [-0.2, 0) is 9.53 Å². The third-order valence-corrected chi connectivity index (χ3v) is 6.64. The number of aliphatic hydroxyl groups is 1. The zero-order chi connectivity index (χ0) is 20.7. The van der Waals surface area contributed by atoms with Gasteiger partial charge in [-0.1, -0.05) is 24.3 Å². The van der Waals surface area contributed by atoms with Gasteiger partial charge in [0.15, 0.2) is 0 Å². The third kappa shape index (κ3) is 3.00.